The number of fused-ring (bicyclic) bond motifs is 4. The Morgan fingerprint density at radius 2 is 1.24 bits per heavy atom. The van der Waals surface area contributed by atoms with Crippen LogP contribution in [0.1, 0.15) is 75.8 Å². The van der Waals surface area contributed by atoms with Crippen LogP contribution in [0.2, 0.25) is 0 Å². The van der Waals surface area contributed by atoms with Gasteiger partial charge in [-0.1, -0.05) is 0 Å². The van der Waals surface area contributed by atoms with E-state index >= 15 is 0 Å². The first kappa shape index (κ1) is 33.0. The van der Waals surface area contributed by atoms with Crippen molar-refractivity contribution in [2.45, 2.75) is 65.2 Å². The first-order chi connectivity index (χ1) is 24.1. The monoisotopic (exact) mass is 724 g/mol. The predicted octanol–water partition coefficient (Wildman–Crippen LogP) is 12.3. The Labute approximate surface area is 306 Å². The average molecular weight is 726 g/mol. The van der Waals surface area contributed by atoms with Crippen LogP contribution in [-0.4, -0.2) is 3.71 Å². The average Bonchev–Trinajstić information content (AvgIpc) is 3.78. The van der Waals surface area contributed by atoms with Gasteiger partial charge in [-0.3, -0.25) is 0 Å². The van der Waals surface area contributed by atoms with Gasteiger partial charge in [-0.2, -0.15) is 0 Å². The van der Waals surface area contributed by atoms with Gasteiger partial charge in [-0.25, -0.2) is 0 Å². The predicted molar refractivity (Wildman–Crippen MR) is 214 cm³/mol. The first-order valence-electron chi connectivity index (χ1n) is 18.1. The van der Waals surface area contributed by atoms with Crippen molar-refractivity contribution in [3.05, 3.63) is 171 Å². The third-order valence-electron chi connectivity index (χ3n) is 10.6. The molecule has 0 radical (unpaired) electrons. The number of hydrogen-bond acceptors (Lipinski definition) is 0. The quantitative estimate of drug-likeness (QED) is 0.166. The molecule has 2 aliphatic rings. The van der Waals surface area contributed by atoms with Crippen LogP contribution in [-0.2, 0) is 38.5 Å². The van der Waals surface area contributed by atoms with E-state index in [9.17, 15) is 0 Å². The van der Waals surface area contributed by atoms with Gasteiger partial charge in [0, 0.05) is 0 Å². The third-order valence-corrected chi connectivity index (χ3v) is 17.4. The molecule has 0 aliphatic heterocycles. The van der Waals surface area contributed by atoms with E-state index in [-0.39, 0.29) is 10.8 Å². The van der Waals surface area contributed by atoms with E-state index in [0.717, 1.165) is 12.8 Å². The van der Waals surface area contributed by atoms with Crippen LogP contribution in [0.5, 0.6) is 0 Å². The molecule has 8 rings (SSSR count). The zero-order chi connectivity index (χ0) is 34.6. The van der Waals surface area contributed by atoms with Gasteiger partial charge >= 0.3 is 308 Å². The molecule has 2 aliphatic carbocycles. The second-order valence-corrected chi connectivity index (χ2v) is 21.7. The molecule has 0 nitrogen and oxygen atoms in total. The SMILES string of the molecule is CC(C)(C)c1cc2c(cc1-c1ccccc1)Cc1c-2cc(C(C)(C)C)c(-c2ccccc2)[c]1/[Zr](=[CH]\c1cccc2ccccc12)[C]1=CC=CC1. The molecule has 0 unspecified atom stereocenters. The van der Waals surface area contributed by atoms with Gasteiger partial charge in [-0.05, 0) is 0 Å². The molecule has 6 aromatic rings. The van der Waals surface area contributed by atoms with Crippen molar-refractivity contribution in [2.75, 3.05) is 0 Å². The van der Waals surface area contributed by atoms with Gasteiger partial charge in [-0.15, -0.1) is 0 Å². The van der Waals surface area contributed by atoms with Crippen LogP contribution in [0.15, 0.2) is 143 Å². The van der Waals surface area contributed by atoms with E-state index in [4.69, 9.17) is 0 Å². The summed E-state index contributed by atoms with van der Waals surface area (Å²) in [4.78, 5) is 0. The molecule has 1 heteroatoms. The van der Waals surface area contributed by atoms with Gasteiger partial charge in [0.2, 0.25) is 0 Å². The van der Waals surface area contributed by atoms with E-state index in [1.807, 2.05) is 0 Å². The second-order valence-electron chi connectivity index (χ2n) is 16.1. The summed E-state index contributed by atoms with van der Waals surface area (Å²) in [5.74, 6) is 0. The Morgan fingerprint density at radius 1 is 0.600 bits per heavy atom. The molecule has 0 fully saturated rings. The minimum absolute atomic E-state index is 0.00597. The molecule has 0 saturated heterocycles. The summed E-state index contributed by atoms with van der Waals surface area (Å²) in [5, 5.41) is 2.67. The summed E-state index contributed by atoms with van der Waals surface area (Å²) in [7, 11) is 0. The molecular weight excluding hydrogens is 680 g/mol. The molecule has 0 saturated carbocycles. The fraction of sp³-hybridized carbons (Fsp3) is 0.204. The zero-order valence-electron chi connectivity index (χ0n) is 30.3. The summed E-state index contributed by atoms with van der Waals surface area (Å²) in [6, 6.07) is 45.9. The van der Waals surface area contributed by atoms with E-state index in [1.165, 1.54) is 66.4 Å². The summed E-state index contributed by atoms with van der Waals surface area (Å²) < 4.78 is 6.09. The minimum atomic E-state index is -2.75. The summed E-state index contributed by atoms with van der Waals surface area (Å²) in [5.41, 5.74) is 15.7. The Hall–Kier alpha value is -4.19. The van der Waals surface area contributed by atoms with Crippen molar-refractivity contribution in [3.63, 3.8) is 0 Å². The first-order valence-corrected chi connectivity index (χ1v) is 22.0. The van der Waals surface area contributed by atoms with E-state index in [0.29, 0.717) is 0 Å². The zero-order valence-corrected chi connectivity index (χ0v) is 32.7. The maximum atomic E-state index is 2.77. The van der Waals surface area contributed by atoms with Crippen LogP contribution in [0, 0.1) is 0 Å². The molecule has 0 N–H and O–H groups in total. The molecule has 0 heterocycles. The second kappa shape index (κ2) is 12.9. The van der Waals surface area contributed by atoms with Crippen LogP contribution in [0.25, 0.3) is 44.2 Å². The number of benzene rings is 6. The fourth-order valence-electron chi connectivity index (χ4n) is 8.15. The maximum absolute atomic E-state index is 2.77. The van der Waals surface area contributed by atoms with Crippen molar-refractivity contribution >= 4 is 17.8 Å². The van der Waals surface area contributed by atoms with Gasteiger partial charge in [0.25, 0.3) is 0 Å². The molecule has 246 valence electrons. The molecule has 0 amide bonds. The molecule has 0 bridgehead atoms. The van der Waals surface area contributed by atoms with E-state index in [2.05, 4.69) is 185 Å². The summed E-state index contributed by atoms with van der Waals surface area (Å²) in [6.07, 6.45) is 9.17. The summed E-state index contributed by atoms with van der Waals surface area (Å²) in [6.45, 7) is 14.3. The molecule has 0 aromatic heterocycles. The summed E-state index contributed by atoms with van der Waals surface area (Å²) >= 11 is -2.75. The number of hydrogen-bond donors (Lipinski definition) is 0. The van der Waals surface area contributed by atoms with Crippen LogP contribution in [0.3, 0.4) is 0 Å². The molecular formula is C49H46Zr. The molecule has 6 aromatic carbocycles. The topological polar surface area (TPSA) is 0 Å². The Morgan fingerprint density at radius 3 is 1.92 bits per heavy atom. The number of allylic oxidation sites excluding steroid dienone is 4. The molecule has 50 heavy (non-hydrogen) atoms. The Bertz CT molecular complexity index is 2350. The van der Waals surface area contributed by atoms with Gasteiger partial charge < -0.3 is 0 Å². The standard InChI is InChI=1S/C33H33.C11H8.C5H5.Zr/c1-32(2,3)30-20-26-24(18-28(30)22-13-9-7-10-14-22)17-25-19-29(23-15-11-8-12-16-23)31(21-27(25)26)33(4,5)6;1-9-5-4-7-10-6-2-3-8-11(9)10;1-2-4-5-3-1;/h7-16,18,20-21H,17H2,1-6H3;1-8H;1-3H,4H2;. The fourth-order valence-corrected chi connectivity index (χ4v) is 15.3. The van der Waals surface area contributed by atoms with Crippen molar-refractivity contribution < 1.29 is 21.3 Å². The van der Waals surface area contributed by atoms with Crippen LogP contribution >= 0.6 is 0 Å². The van der Waals surface area contributed by atoms with Crippen molar-refractivity contribution in [3.8, 4) is 33.4 Å². The molecule has 0 spiro atoms. The Balaban J connectivity index is 1.49. The van der Waals surface area contributed by atoms with E-state index < -0.39 is 21.3 Å². The van der Waals surface area contributed by atoms with Crippen LogP contribution in [0.4, 0.5) is 0 Å². The van der Waals surface area contributed by atoms with E-state index in [1.54, 1.807) is 12.1 Å². The van der Waals surface area contributed by atoms with Crippen molar-refractivity contribution in [1.29, 1.82) is 0 Å². The van der Waals surface area contributed by atoms with Gasteiger partial charge in [0.15, 0.2) is 0 Å². The number of rotatable bonds is 5. The van der Waals surface area contributed by atoms with Crippen molar-refractivity contribution in [1.82, 2.24) is 0 Å². The van der Waals surface area contributed by atoms with Crippen LogP contribution < -0.4 is 3.27 Å². The van der Waals surface area contributed by atoms with Crippen molar-refractivity contribution in [2.24, 2.45) is 0 Å². The van der Waals surface area contributed by atoms with Gasteiger partial charge in [0.1, 0.15) is 0 Å². The third kappa shape index (κ3) is 5.99. The molecule has 0 atom stereocenters. The normalized spacial score (nSPS) is 14.2. The Kier molecular flexibility index (Phi) is 8.48. The van der Waals surface area contributed by atoms with Gasteiger partial charge in [0.05, 0.1) is 0 Å².